The maximum Gasteiger partial charge on any atom is 0.329 e. The van der Waals surface area contributed by atoms with Crippen molar-refractivity contribution < 1.29 is 0 Å². The van der Waals surface area contributed by atoms with Crippen LogP contribution in [0.3, 0.4) is 0 Å². The predicted octanol–water partition coefficient (Wildman–Crippen LogP) is 18.2. The Morgan fingerprint density at radius 3 is 1.51 bits per heavy atom. The lowest BCUT2D eigenvalue weighted by atomic mass is 9.41. The Hall–Kier alpha value is -8.66. The molecule has 1 N–H and O–H groups in total. The molecule has 3 heterocycles. The van der Waals surface area contributed by atoms with Crippen molar-refractivity contribution in [3.05, 3.63) is 252 Å². The summed E-state index contributed by atoms with van der Waals surface area (Å²) in [7, 11) is 0. The van der Waals surface area contributed by atoms with Gasteiger partial charge in [0, 0.05) is 44.7 Å². The van der Waals surface area contributed by atoms with Crippen LogP contribution >= 0.6 is 0 Å². The number of nitrogens with zero attached hydrogens (tertiary/aromatic N) is 1. The van der Waals surface area contributed by atoms with E-state index in [2.05, 4.69) is 276 Å². The molecular formula is C73H57BN2. The Morgan fingerprint density at radius 1 is 0.382 bits per heavy atom. The number of hydrogen-bond acceptors (Lipinski definition) is 1. The average molecular weight is 973 g/mol. The molecule has 13 aromatic rings. The van der Waals surface area contributed by atoms with Crippen molar-refractivity contribution in [1.82, 2.24) is 4.48 Å². The monoisotopic (exact) mass is 972 g/mol. The summed E-state index contributed by atoms with van der Waals surface area (Å²) in [5, 5.41) is 16.9. The molecule has 362 valence electrons. The van der Waals surface area contributed by atoms with Crippen molar-refractivity contribution in [3.8, 4) is 33.4 Å². The van der Waals surface area contributed by atoms with Gasteiger partial charge in [-0.15, -0.1) is 0 Å². The predicted molar refractivity (Wildman–Crippen MR) is 327 cm³/mol. The molecule has 0 amide bonds. The van der Waals surface area contributed by atoms with Gasteiger partial charge in [0.1, 0.15) is 0 Å². The normalized spacial score (nSPS) is 14.0. The van der Waals surface area contributed by atoms with E-state index in [4.69, 9.17) is 0 Å². The van der Waals surface area contributed by atoms with Crippen LogP contribution in [0.2, 0.25) is 0 Å². The third-order valence-corrected chi connectivity index (χ3v) is 17.0. The van der Waals surface area contributed by atoms with E-state index in [9.17, 15) is 0 Å². The van der Waals surface area contributed by atoms with Gasteiger partial charge in [0.05, 0.1) is 0 Å². The van der Waals surface area contributed by atoms with Gasteiger partial charge in [-0.25, -0.2) is 0 Å². The van der Waals surface area contributed by atoms with Gasteiger partial charge < -0.3 is 9.79 Å². The van der Waals surface area contributed by atoms with E-state index in [1.165, 1.54) is 137 Å². The molecule has 2 aliphatic rings. The van der Waals surface area contributed by atoms with E-state index < -0.39 is 0 Å². The van der Waals surface area contributed by atoms with Crippen LogP contribution in [0.5, 0.6) is 0 Å². The van der Waals surface area contributed by atoms with Crippen LogP contribution in [0, 0.1) is 0 Å². The first-order chi connectivity index (χ1) is 36.9. The Balaban J connectivity index is 1.12. The van der Waals surface area contributed by atoms with Crippen LogP contribution in [0.25, 0.3) is 98.3 Å². The van der Waals surface area contributed by atoms with Gasteiger partial charge >= 0.3 is 6.85 Å². The lowest BCUT2D eigenvalue weighted by Crippen LogP contribution is -2.57. The zero-order valence-corrected chi connectivity index (χ0v) is 44.0. The fraction of sp³-hybridized carbons (Fsp3) is 0.123. The van der Waals surface area contributed by atoms with Gasteiger partial charge in [0.15, 0.2) is 0 Å². The Labute approximate surface area is 445 Å². The molecule has 0 radical (unpaired) electrons. The van der Waals surface area contributed by atoms with Crippen molar-refractivity contribution in [2.24, 2.45) is 0 Å². The molecular weight excluding hydrogens is 916 g/mol. The minimum Gasteiger partial charge on any atom is -0.375 e. The Kier molecular flexibility index (Phi) is 9.68. The highest BCUT2D eigenvalue weighted by atomic mass is 14.9. The fourth-order valence-corrected chi connectivity index (χ4v) is 13.3. The highest BCUT2D eigenvalue weighted by Gasteiger charge is 2.44. The van der Waals surface area contributed by atoms with Crippen LogP contribution in [0.15, 0.2) is 224 Å². The molecule has 0 saturated carbocycles. The Morgan fingerprint density at radius 2 is 0.921 bits per heavy atom. The quantitative estimate of drug-likeness (QED) is 0.103. The van der Waals surface area contributed by atoms with Crippen LogP contribution in [-0.2, 0) is 10.8 Å². The van der Waals surface area contributed by atoms with Crippen LogP contribution in [-0.4, -0.2) is 11.3 Å². The van der Waals surface area contributed by atoms with Gasteiger partial charge in [-0.3, -0.25) is 0 Å². The molecule has 15 rings (SSSR count). The van der Waals surface area contributed by atoms with Crippen molar-refractivity contribution in [3.63, 3.8) is 0 Å². The number of para-hydroxylation sites is 1. The molecule has 1 unspecified atom stereocenters. The van der Waals surface area contributed by atoms with Gasteiger partial charge in [-0.1, -0.05) is 199 Å². The van der Waals surface area contributed by atoms with E-state index in [1.807, 2.05) is 0 Å². The smallest absolute Gasteiger partial charge is 0.329 e. The molecule has 2 aliphatic heterocycles. The highest BCUT2D eigenvalue weighted by Crippen LogP contribution is 2.49. The molecule has 0 spiro atoms. The van der Waals surface area contributed by atoms with E-state index in [0.29, 0.717) is 0 Å². The molecule has 0 fully saturated rings. The number of benzene rings is 12. The minimum atomic E-state index is -0.116. The SMILES string of the molecule is CC(C)(C)c1ccc2c(c1)c1cc(C(C)(C)C)cc3c1n2B1c2cc4cc5c6ccccc6c6ccccc6c5cc4cc2C(c2cc(-c4ccccc4)cc(-c4ccccc4)c2)c2cc(Nc4ccccc4)cc-3c21. The molecule has 3 heteroatoms. The van der Waals surface area contributed by atoms with Crippen LogP contribution in [0.4, 0.5) is 11.4 Å². The summed E-state index contributed by atoms with van der Waals surface area (Å²) >= 11 is 0. The third-order valence-electron chi connectivity index (χ3n) is 17.0. The van der Waals surface area contributed by atoms with E-state index >= 15 is 0 Å². The number of nitrogens with one attached hydrogen (secondary N) is 1. The van der Waals surface area contributed by atoms with Crippen molar-refractivity contribution in [1.29, 1.82) is 0 Å². The molecule has 12 aromatic carbocycles. The summed E-state index contributed by atoms with van der Waals surface area (Å²) in [4.78, 5) is 0. The molecule has 0 bridgehead atoms. The minimum absolute atomic E-state index is 0.0177. The number of aromatic nitrogens is 1. The van der Waals surface area contributed by atoms with Gasteiger partial charge in [0.25, 0.3) is 0 Å². The lowest BCUT2D eigenvalue weighted by molar-refractivity contribution is 0.590. The summed E-state index contributed by atoms with van der Waals surface area (Å²) in [5.74, 6) is -0.116. The second-order valence-electron chi connectivity index (χ2n) is 23.8. The molecule has 0 saturated heterocycles. The maximum atomic E-state index is 3.96. The summed E-state index contributed by atoms with van der Waals surface area (Å²) in [6.45, 7) is 14.0. The van der Waals surface area contributed by atoms with Crippen LogP contribution < -0.4 is 16.2 Å². The van der Waals surface area contributed by atoms with E-state index in [1.54, 1.807) is 0 Å². The first-order valence-electron chi connectivity index (χ1n) is 27.1. The number of fused-ring (bicyclic) bond motifs is 14. The largest absolute Gasteiger partial charge is 0.375 e. The number of anilines is 2. The standard InChI is InChI=1S/C73H57BN2/c1-72(2,3)51-30-31-68-61(39-51)63-40-52(73(4,5)6)41-64-62-42-54(75-53-24-14-9-15-25-53)43-66-69(50-33-46(44-20-10-7-11-21-44)32-47(34-50)45-22-12-8-13-23-45)65-37-48-35-59-57-28-18-16-26-55(57)56-27-17-19-29-58(56)60(59)36-49(48)38-67(65)74(70(62)66)76(68)71(63)64/h7-43,69,75H,1-6H3. The molecule has 2 nitrogen and oxygen atoms in total. The molecule has 0 aliphatic carbocycles. The maximum absolute atomic E-state index is 3.96. The zero-order chi connectivity index (χ0) is 51.2. The van der Waals surface area contributed by atoms with Crippen LogP contribution in [0.1, 0.15) is 75.3 Å². The second-order valence-corrected chi connectivity index (χ2v) is 23.8. The van der Waals surface area contributed by atoms with E-state index in [-0.39, 0.29) is 23.6 Å². The van der Waals surface area contributed by atoms with Gasteiger partial charge in [0.2, 0.25) is 0 Å². The van der Waals surface area contributed by atoms with Crippen molar-refractivity contribution in [2.75, 3.05) is 5.32 Å². The topological polar surface area (TPSA) is 17.0 Å². The van der Waals surface area contributed by atoms with Gasteiger partial charge in [-0.2, -0.15) is 0 Å². The number of rotatable bonds is 5. The third kappa shape index (κ3) is 6.88. The molecule has 1 aromatic heterocycles. The second kappa shape index (κ2) is 16.4. The number of hydrogen-bond donors (Lipinski definition) is 1. The summed E-state index contributed by atoms with van der Waals surface area (Å²) in [5.41, 5.74) is 21.5. The first kappa shape index (κ1) is 44.8. The highest BCUT2D eigenvalue weighted by molar-refractivity contribution is 6.88. The molecule has 1 atom stereocenters. The Bertz CT molecular complexity index is 4500. The van der Waals surface area contributed by atoms with Crippen molar-refractivity contribution in [2.45, 2.75) is 58.3 Å². The summed E-state index contributed by atoms with van der Waals surface area (Å²) in [6.07, 6.45) is 0. The first-order valence-corrected chi connectivity index (χ1v) is 27.1. The average Bonchev–Trinajstić information content (AvgIpc) is 3.99. The van der Waals surface area contributed by atoms with Gasteiger partial charge in [-0.05, 0) is 187 Å². The van der Waals surface area contributed by atoms with E-state index in [0.717, 1.165) is 11.4 Å². The zero-order valence-electron chi connectivity index (χ0n) is 44.0. The summed E-state index contributed by atoms with van der Waals surface area (Å²) in [6, 6.07) is 85.6. The molecule has 76 heavy (non-hydrogen) atoms. The summed E-state index contributed by atoms with van der Waals surface area (Å²) < 4.78 is 2.76. The van der Waals surface area contributed by atoms with Crippen molar-refractivity contribution >= 4 is 94.0 Å². The fourth-order valence-electron chi connectivity index (χ4n) is 13.3. The lowest BCUT2D eigenvalue weighted by Gasteiger charge is -2.39.